The molecule has 186 valence electrons. The van der Waals surface area contributed by atoms with Gasteiger partial charge in [-0.1, -0.05) is 30.7 Å². The van der Waals surface area contributed by atoms with Crippen molar-refractivity contribution in [2.24, 2.45) is 0 Å². The summed E-state index contributed by atoms with van der Waals surface area (Å²) in [6.45, 7) is 2.22. The molecule has 0 saturated heterocycles. The van der Waals surface area contributed by atoms with Gasteiger partial charge in [0, 0.05) is 31.6 Å². The maximum Gasteiger partial charge on any atom is 0.242 e. The summed E-state index contributed by atoms with van der Waals surface area (Å²) in [6.07, 6.45) is 1.95. The molecule has 2 aromatic rings. The minimum Gasteiger partial charge on any atom is -0.497 e. The molecule has 1 N–H and O–H groups in total. The van der Waals surface area contributed by atoms with E-state index in [4.69, 9.17) is 16.3 Å². The van der Waals surface area contributed by atoms with E-state index in [2.05, 4.69) is 5.32 Å². The Morgan fingerprint density at radius 3 is 2.21 bits per heavy atom. The number of ether oxygens (including phenoxy) is 1. The molecule has 10 heteroatoms. The Bertz CT molecular complexity index is 1060. The molecular weight excluding hydrogens is 478 g/mol. The molecule has 0 saturated carbocycles. The number of methoxy groups -OCH3 is 1. The molecule has 0 spiro atoms. The fraction of sp³-hybridized carbons (Fsp3) is 0.417. The number of benzene rings is 2. The van der Waals surface area contributed by atoms with Crippen LogP contribution in [-0.4, -0.2) is 58.1 Å². The molecule has 0 fully saturated rings. The minimum atomic E-state index is -3.55. The van der Waals surface area contributed by atoms with Crippen LogP contribution in [0, 0.1) is 0 Å². The average molecular weight is 510 g/mol. The van der Waals surface area contributed by atoms with Gasteiger partial charge in [0.25, 0.3) is 0 Å². The van der Waals surface area contributed by atoms with Crippen LogP contribution in [-0.2, 0) is 26.2 Å². The first kappa shape index (κ1) is 27.5. The quantitative estimate of drug-likeness (QED) is 0.472. The molecule has 0 aliphatic heterocycles. The average Bonchev–Trinajstić information content (AvgIpc) is 2.81. The van der Waals surface area contributed by atoms with Crippen LogP contribution in [0.25, 0.3) is 0 Å². The van der Waals surface area contributed by atoms with Crippen molar-refractivity contribution >= 4 is 39.1 Å². The van der Waals surface area contributed by atoms with Crippen molar-refractivity contribution in [1.29, 1.82) is 0 Å². The largest absolute Gasteiger partial charge is 0.497 e. The zero-order valence-electron chi connectivity index (χ0n) is 20.0. The van der Waals surface area contributed by atoms with E-state index in [9.17, 15) is 18.0 Å². The van der Waals surface area contributed by atoms with Crippen molar-refractivity contribution in [3.8, 4) is 5.75 Å². The van der Waals surface area contributed by atoms with Gasteiger partial charge in [-0.2, -0.15) is 0 Å². The van der Waals surface area contributed by atoms with Crippen molar-refractivity contribution in [1.82, 2.24) is 10.2 Å². The molecule has 34 heavy (non-hydrogen) atoms. The molecule has 0 aliphatic carbocycles. The van der Waals surface area contributed by atoms with Crippen LogP contribution in [0.1, 0.15) is 31.7 Å². The molecule has 8 nitrogen and oxygen atoms in total. The summed E-state index contributed by atoms with van der Waals surface area (Å²) in [5.74, 6) is 0.224. The third-order valence-corrected chi connectivity index (χ3v) is 6.86. The molecule has 0 bridgehead atoms. The first-order valence-corrected chi connectivity index (χ1v) is 13.2. The maximum atomic E-state index is 13.2. The maximum absolute atomic E-state index is 13.2. The van der Waals surface area contributed by atoms with Crippen molar-refractivity contribution < 1.29 is 22.7 Å². The third-order valence-electron chi connectivity index (χ3n) is 5.41. The lowest BCUT2D eigenvalue weighted by atomic mass is 10.1. The molecule has 0 radical (unpaired) electrons. The Hall–Kier alpha value is -2.78. The van der Waals surface area contributed by atoms with Crippen molar-refractivity contribution in [2.75, 3.05) is 31.3 Å². The Labute approximate surface area is 206 Å². The topological polar surface area (TPSA) is 96.0 Å². The van der Waals surface area contributed by atoms with E-state index in [-0.39, 0.29) is 37.7 Å². The van der Waals surface area contributed by atoms with Crippen LogP contribution in [0.4, 0.5) is 5.69 Å². The molecule has 2 rings (SSSR count). The highest BCUT2D eigenvalue weighted by Gasteiger charge is 2.28. The van der Waals surface area contributed by atoms with Gasteiger partial charge in [0.05, 0.1) is 19.1 Å². The number of nitrogens with one attached hydrogen (secondary N) is 1. The number of halogens is 1. The van der Waals surface area contributed by atoms with Crippen molar-refractivity contribution in [3.63, 3.8) is 0 Å². The van der Waals surface area contributed by atoms with Crippen LogP contribution < -0.4 is 14.4 Å². The second kappa shape index (κ2) is 12.6. The number of carbonyl (C=O) groups is 2. The zero-order valence-corrected chi connectivity index (χ0v) is 21.5. The van der Waals surface area contributed by atoms with Crippen LogP contribution in [0.15, 0.2) is 48.5 Å². The number of nitrogens with zero attached hydrogens (tertiary/aromatic N) is 2. The fourth-order valence-corrected chi connectivity index (χ4v) is 4.72. The van der Waals surface area contributed by atoms with E-state index in [0.29, 0.717) is 22.9 Å². The number of anilines is 1. The van der Waals surface area contributed by atoms with Gasteiger partial charge in [0.15, 0.2) is 0 Å². The minimum absolute atomic E-state index is 0.0866. The molecule has 0 aliphatic rings. The predicted molar refractivity (Wildman–Crippen MR) is 135 cm³/mol. The standard InChI is InChI=1S/C24H32ClN3O5S/c1-5-22(24(30)26-2)27(17-18-8-14-21(33-3)15-9-18)23(29)7-6-16-28(34(4,31)32)20-12-10-19(25)11-13-20/h8-15,22H,5-7,16-17H2,1-4H3,(H,26,30). The lowest BCUT2D eigenvalue weighted by Gasteiger charge is -2.31. The Kier molecular flexibility index (Phi) is 10.2. The highest BCUT2D eigenvalue weighted by Crippen LogP contribution is 2.22. The number of hydrogen-bond acceptors (Lipinski definition) is 5. The Morgan fingerprint density at radius 1 is 1.09 bits per heavy atom. The lowest BCUT2D eigenvalue weighted by Crippen LogP contribution is -2.48. The predicted octanol–water partition coefficient (Wildman–Crippen LogP) is 3.45. The summed E-state index contributed by atoms with van der Waals surface area (Å²) in [5.41, 5.74) is 1.33. The lowest BCUT2D eigenvalue weighted by molar-refractivity contribution is -0.141. The van der Waals surface area contributed by atoms with Crippen LogP contribution in [0.3, 0.4) is 0 Å². The zero-order chi connectivity index (χ0) is 25.3. The number of likely N-dealkylation sites (N-methyl/N-ethyl adjacent to an activating group) is 1. The molecule has 2 amide bonds. The van der Waals surface area contributed by atoms with Crippen molar-refractivity contribution in [3.05, 3.63) is 59.1 Å². The number of sulfonamides is 1. The molecule has 0 aromatic heterocycles. The Morgan fingerprint density at radius 2 is 1.71 bits per heavy atom. The van der Waals surface area contributed by atoms with Crippen LogP contribution >= 0.6 is 11.6 Å². The summed E-state index contributed by atoms with van der Waals surface area (Å²) < 4.78 is 31.1. The molecule has 2 aromatic carbocycles. The smallest absolute Gasteiger partial charge is 0.242 e. The van der Waals surface area contributed by atoms with E-state index in [1.165, 1.54) is 11.4 Å². The van der Waals surface area contributed by atoms with Gasteiger partial charge in [-0.05, 0) is 54.8 Å². The van der Waals surface area contributed by atoms with Gasteiger partial charge < -0.3 is 15.0 Å². The summed E-state index contributed by atoms with van der Waals surface area (Å²) in [5, 5.41) is 3.13. The summed E-state index contributed by atoms with van der Waals surface area (Å²) >= 11 is 5.92. The summed E-state index contributed by atoms with van der Waals surface area (Å²) in [6, 6.07) is 13.1. The van der Waals surface area contributed by atoms with Crippen LogP contribution in [0.2, 0.25) is 5.02 Å². The summed E-state index contributed by atoms with van der Waals surface area (Å²) in [7, 11) is -0.438. The number of rotatable bonds is 12. The number of amides is 2. The number of hydrogen-bond donors (Lipinski definition) is 1. The SMILES string of the molecule is CCC(C(=O)NC)N(Cc1ccc(OC)cc1)C(=O)CCCN(c1ccc(Cl)cc1)S(C)(=O)=O. The van der Waals surface area contributed by atoms with Gasteiger partial charge in [0.2, 0.25) is 21.8 Å². The van der Waals surface area contributed by atoms with E-state index >= 15 is 0 Å². The van der Waals surface area contributed by atoms with E-state index in [1.807, 2.05) is 19.1 Å². The molecule has 1 atom stereocenters. The van der Waals surface area contributed by atoms with E-state index < -0.39 is 16.1 Å². The first-order chi connectivity index (χ1) is 16.1. The highest BCUT2D eigenvalue weighted by molar-refractivity contribution is 7.92. The van der Waals surface area contributed by atoms with Crippen LogP contribution in [0.5, 0.6) is 5.75 Å². The third kappa shape index (κ3) is 7.63. The van der Waals surface area contributed by atoms with Gasteiger partial charge >= 0.3 is 0 Å². The summed E-state index contributed by atoms with van der Waals surface area (Å²) in [4.78, 5) is 27.3. The fourth-order valence-electron chi connectivity index (χ4n) is 3.63. The highest BCUT2D eigenvalue weighted by atomic mass is 35.5. The first-order valence-electron chi connectivity index (χ1n) is 11.0. The normalized spacial score (nSPS) is 12.0. The van der Waals surface area contributed by atoms with Gasteiger partial charge in [-0.25, -0.2) is 8.42 Å². The van der Waals surface area contributed by atoms with E-state index in [1.54, 1.807) is 48.4 Å². The van der Waals surface area contributed by atoms with Gasteiger partial charge in [0.1, 0.15) is 11.8 Å². The second-order valence-electron chi connectivity index (χ2n) is 7.82. The molecular formula is C24H32ClN3O5S. The van der Waals surface area contributed by atoms with E-state index in [0.717, 1.165) is 11.8 Å². The molecule has 1 unspecified atom stereocenters. The van der Waals surface area contributed by atoms with Gasteiger partial charge in [-0.3, -0.25) is 13.9 Å². The second-order valence-corrected chi connectivity index (χ2v) is 10.2. The van der Waals surface area contributed by atoms with Gasteiger partial charge in [-0.15, -0.1) is 0 Å². The monoisotopic (exact) mass is 509 g/mol. The Balaban J connectivity index is 2.17. The van der Waals surface area contributed by atoms with Crippen molar-refractivity contribution in [2.45, 2.75) is 38.8 Å². The number of carbonyl (C=O) groups excluding carboxylic acids is 2. The molecule has 0 heterocycles.